The number of rotatable bonds is 9. The Balaban J connectivity index is 2.35. The van der Waals surface area contributed by atoms with Crippen LogP contribution in [0.2, 0.25) is 0 Å². The minimum atomic E-state index is 0.102. The van der Waals surface area contributed by atoms with Crippen molar-refractivity contribution >= 4 is 5.96 Å². The number of allylic oxidation sites excluding steroid dienone is 1. The fraction of sp³-hybridized carbons (Fsp3) is 0.833. The van der Waals surface area contributed by atoms with E-state index < -0.39 is 0 Å². The van der Waals surface area contributed by atoms with E-state index in [-0.39, 0.29) is 5.54 Å². The van der Waals surface area contributed by atoms with Gasteiger partial charge in [0.15, 0.2) is 5.96 Å². The molecule has 0 atom stereocenters. The van der Waals surface area contributed by atoms with Gasteiger partial charge in [-0.15, -0.1) is 6.58 Å². The number of nitrogens with zero attached hydrogens (tertiary/aromatic N) is 3. The summed E-state index contributed by atoms with van der Waals surface area (Å²) in [5.41, 5.74) is 0.102. The lowest BCUT2D eigenvalue weighted by Crippen LogP contribution is -2.56. The number of nitrogens with one attached hydrogen (secondary N) is 1. The molecule has 0 aromatic carbocycles. The van der Waals surface area contributed by atoms with Gasteiger partial charge in [-0.1, -0.05) is 12.5 Å². The molecule has 0 unspecified atom stereocenters. The Morgan fingerprint density at radius 3 is 2.61 bits per heavy atom. The van der Waals surface area contributed by atoms with E-state index in [0.717, 1.165) is 51.8 Å². The maximum Gasteiger partial charge on any atom is 0.193 e. The Bertz CT molecular complexity index is 362. The molecule has 0 bridgehead atoms. The molecule has 0 radical (unpaired) electrons. The fourth-order valence-electron chi connectivity index (χ4n) is 2.88. The highest BCUT2D eigenvalue weighted by molar-refractivity contribution is 5.79. The van der Waals surface area contributed by atoms with E-state index >= 15 is 0 Å². The van der Waals surface area contributed by atoms with E-state index in [0.29, 0.717) is 0 Å². The molecule has 1 N–H and O–H groups in total. The molecule has 0 aliphatic carbocycles. The van der Waals surface area contributed by atoms with Gasteiger partial charge >= 0.3 is 0 Å². The minimum absolute atomic E-state index is 0.102. The molecule has 134 valence electrons. The van der Waals surface area contributed by atoms with Gasteiger partial charge in [-0.05, 0) is 33.1 Å². The first-order chi connectivity index (χ1) is 11.0. The van der Waals surface area contributed by atoms with E-state index in [2.05, 4.69) is 47.6 Å². The summed E-state index contributed by atoms with van der Waals surface area (Å²) in [6.07, 6.45) is 6.78. The first-order valence-corrected chi connectivity index (χ1v) is 8.86. The molecule has 1 saturated heterocycles. The van der Waals surface area contributed by atoms with E-state index in [1.807, 2.05) is 13.1 Å². The number of guanidine groups is 1. The lowest BCUT2D eigenvalue weighted by atomic mass is 10.0. The second-order valence-corrected chi connectivity index (χ2v) is 6.87. The number of hydrogen-bond acceptors (Lipinski definition) is 3. The zero-order valence-corrected chi connectivity index (χ0v) is 15.6. The van der Waals surface area contributed by atoms with Gasteiger partial charge in [0.05, 0.1) is 13.2 Å². The maximum absolute atomic E-state index is 5.45. The summed E-state index contributed by atoms with van der Waals surface area (Å²) in [5, 5.41) is 3.54. The summed E-state index contributed by atoms with van der Waals surface area (Å²) in [6, 6.07) is 0. The zero-order chi connectivity index (χ0) is 17.1. The second-order valence-electron chi connectivity index (χ2n) is 6.87. The second kappa shape index (κ2) is 10.7. The molecule has 0 spiro atoms. The van der Waals surface area contributed by atoms with Crippen LogP contribution in [0.1, 0.15) is 39.5 Å². The molecule has 1 heterocycles. The monoisotopic (exact) mass is 324 g/mol. The van der Waals surface area contributed by atoms with Crippen molar-refractivity contribution in [3.63, 3.8) is 0 Å². The van der Waals surface area contributed by atoms with Crippen molar-refractivity contribution in [2.45, 2.75) is 45.1 Å². The van der Waals surface area contributed by atoms with Crippen molar-refractivity contribution < 1.29 is 4.74 Å². The van der Waals surface area contributed by atoms with E-state index in [1.54, 1.807) is 0 Å². The maximum atomic E-state index is 5.45. The third-order valence-corrected chi connectivity index (χ3v) is 4.52. The van der Waals surface area contributed by atoms with Gasteiger partial charge in [0.1, 0.15) is 0 Å². The SMILES string of the molecule is C=CCCCCCN(C)C(=NC)NCC(C)(C)N1CCOCC1. The predicted octanol–water partition coefficient (Wildman–Crippen LogP) is 2.35. The predicted molar refractivity (Wildman–Crippen MR) is 99.1 cm³/mol. The highest BCUT2D eigenvalue weighted by Gasteiger charge is 2.28. The molecular weight excluding hydrogens is 288 g/mol. The average Bonchev–Trinajstić information content (AvgIpc) is 2.56. The molecule has 0 saturated carbocycles. The molecule has 1 fully saturated rings. The lowest BCUT2D eigenvalue weighted by Gasteiger charge is -2.41. The van der Waals surface area contributed by atoms with Crippen molar-refractivity contribution in [1.29, 1.82) is 0 Å². The third-order valence-electron chi connectivity index (χ3n) is 4.52. The Morgan fingerprint density at radius 2 is 2.00 bits per heavy atom. The fourth-order valence-corrected chi connectivity index (χ4v) is 2.88. The van der Waals surface area contributed by atoms with Crippen LogP contribution >= 0.6 is 0 Å². The van der Waals surface area contributed by atoms with E-state index in [4.69, 9.17) is 4.74 Å². The minimum Gasteiger partial charge on any atom is -0.379 e. The largest absolute Gasteiger partial charge is 0.379 e. The number of unbranched alkanes of at least 4 members (excludes halogenated alkanes) is 3. The topological polar surface area (TPSA) is 40.1 Å². The number of morpholine rings is 1. The van der Waals surface area contributed by atoms with E-state index in [1.165, 1.54) is 19.3 Å². The van der Waals surface area contributed by atoms with Crippen LogP contribution in [0.3, 0.4) is 0 Å². The summed E-state index contributed by atoms with van der Waals surface area (Å²) in [7, 11) is 3.98. The zero-order valence-electron chi connectivity index (χ0n) is 15.6. The quantitative estimate of drug-likeness (QED) is 0.306. The standard InChI is InChI=1S/C18H36N4O/c1-6-7-8-9-10-11-21(5)17(19-4)20-16-18(2,3)22-12-14-23-15-13-22/h6H,1,7-16H2,2-5H3,(H,19,20). The van der Waals surface area contributed by atoms with Crippen molar-refractivity contribution in [1.82, 2.24) is 15.1 Å². The van der Waals surface area contributed by atoms with Crippen LogP contribution in [0.25, 0.3) is 0 Å². The molecule has 5 nitrogen and oxygen atoms in total. The van der Waals surface area contributed by atoms with Crippen LogP contribution < -0.4 is 5.32 Å². The Hall–Kier alpha value is -1.07. The van der Waals surface area contributed by atoms with Gasteiger partial charge in [-0.25, -0.2) is 0 Å². The highest BCUT2D eigenvalue weighted by Crippen LogP contribution is 2.15. The molecule has 1 aliphatic heterocycles. The third kappa shape index (κ3) is 7.36. The summed E-state index contributed by atoms with van der Waals surface area (Å²) in [5.74, 6) is 0.982. The summed E-state index contributed by atoms with van der Waals surface area (Å²) in [4.78, 5) is 9.14. The van der Waals surface area contributed by atoms with Crippen LogP contribution in [0.15, 0.2) is 17.6 Å². The van der Waals surface area contributed by atoms with Crippen molar-refractivity contribution in [3.05, 3.63) is 12.7 Å². The first kappa shape index (κ1) is 20.0. The molecule has 0 aromatic heterocycles. The van der Waals surface area contributed by atoms with Gasteiger partial charge in [0, 0.05) is 45.8 Å². The molecule has 1 aliphatic rings. The lowest BCUT2D eigenvalue weighted by molar-refractivity contribution is -0.00846. The molecule has 1 rings (SSSR count). The van der Waals surface area contributed by atoms with Crippen LogP contribution in [0.5, 0.6) is 0 Å². The highest BCUT2D eigenvalue weighted by atomic mass is 16.5. The summed E-state index contributed by atoms with van der Waals surface area (Å²) in [6.45, 7) is 14.0. The number of aliphatic imine (C=N–C) groups is 1. The van der Waals surface area contributed by atoms with Gasteiger partial charge in [-0.2, -0.15) is 0 Å². The smallest absolute Gasteiger partial charge is 0.193 e. The molecule has 5 heteroatoms. The van der Waals surface area contributed by atoms with Crippen molar-refractivity contribution in [2.75, 3.05) is 53.5 Å². The number of hydrogen-bond donors (Lipinski definition) is 1. The molecule has 0 aromatic rings. The van der Waals surface area contributed by atoms with Crippen LogP contribution in [0.4, 0.5) is 0 Å². The Kier molecular flexibility index (Phi) is 9.26. The Morgan fingerprint density at radius 1 is 1.30 bits per heavy atom. The van der Waals surface area contributed by atoms with E-state index in [9.17, 15) is 0 Å². The normalized spacial score (nSPS) is 17.1. The van der Waals surface area contributed by atoms with Gasteiger partial charge in [0.25, 0.3) is 0 Å². The average molecular weight is 325 g/mol. The van der Waals surface area contributed by atoms with Crippen LogP contribution in [-0.2, 0) is 4.74 Å². The van der Waals surface area contributed by atoms with Crippen molar-refractivity contribution in [2.24, 2.45) is 4.99 Å². The summed E-state index contributed by atoms with van der Waals surface area (Å²) >= 11 is 0. The van der Waals surface area contributed by atoms with Gasteiger partial charge in [-0.3, -0.25) is 9.89 Å². The summed E-state index contributed by atoms with van der Waals surface area (Å²) < 4.78 is 5.45. The number of ether oxygens (including phenoxy) is 1. The molecular formula is C18H36N4O. The first-order valence-electron chi connectivity index (χ1n) is 8.86. The molecule has 23 heavy (non-hydrogen) atoms. The van der Waals surface area contributed by atoms with Gasteiger partial charge in [0.2, 0.25) is 0 Å². The Labute approximate surface area is 142 Å². The van der Waals surface area contributed by atoms with Crippen LogP contribution in [0, 0.1) is 0 Å². The van der Waals surface area contributed by atoms with Crippen molar-refractivity contribution in [3.8, 4) is 0 Å². The molecule has 0 amide bonds. The van der Waals surface area contributed by atoms with Gasteiger partial charge < -0.3 is 15.0 Å². The van der Waals surface area contributed by atoms with Crippen LogP contribution in [-0.4, -0.2) is 74.8 Å².